The highest BCUT2D eigenvalue weighted by atomic mass is 19.1. The number of halogens is 1. The van der Waals surface area contributed by atoms with Gasteiger partial charge in [0, 0.05) is 13.1 Å². The second kappa shape index (κ2) is 7.74. The van der Waals surface area contributed by atoms with Crippen molar-refractivity contribution in [2.45, 2.75) is 12.8 Å². The molecule has 0 bridgehead atoms. The Morgan fingerprint density at radius 1 is 1.08 bits per heavy atom. The highest BCUT2D eigenvalue weighted by Gasteiger charge is 2.34. The van der Waals surface area contributed by atoms with E-state index >= 15 is 0 Å². The fourth-order valence-corrected chi connectivity index (χ4v) is 3.27. The zero-order valence-electron chi connectivity index (χ0n) is 14.8. The van der Waals surface area contributed by atoms with Crippen molar-refractivity contribution in [3.8, 4) is 0 Å². The highest BCUT2D eigenvalue weighted by molar-refractivity contribution is 6.04. The third-order valence-corrected chi connectivity index (χ3v) is 4.51. The summed E-state index contributed by atoms with van der Waals surface area (Å²) in [6.45, 7) is 1.60. The van der Waals surface area contributed by atoms with Gasteiger partial charge in [0.1, 0.15) is 18.2 Å². The Morgan fingerprint density at radius 2 is 1.77 bits per heavy atom. The molecule has 7 nitrogen and oxygen atoms in total. The molecule has 0 aromatic heterocycles. The second-order valence-corrected chi connectivity index (χ2v) is 6.04. The van der Waals surface area contributed by atoms with Gasteiger partial charge < -0.3 is 24.0 Å². The molecule has 1 saturated heterocycles. The van der Waals surface area contributed by atoms with Crippen LogP contribution in [0.2, 0.25) is 0 Å². The first kappa shape index (κ1) is 18.2. The largest absolute Gasteiger partial charge is 0.466 e. The Labute approximate surface area is 150 Å². The van der Waals surface area contributed by atoms with Gasteiger partial charge in [0.25, 0.3) is 0 Å². The van der Waals surface area contributed by atoms with E-state index in [1.165, 1.54) is 31.3 Å². The zero-order chi connectivity index (χ0) is 18.7. The molecule has 1 aromatic rings. The minimum atomic E-state index is -0.703. The van der Waals surface area contributed by atoms with Gasteiger partial charge in [-0.15, -0.1) is 0 Å². The number of methoxy groups -OCH3 is 2. The predicted octanol–water partition coefficient (Wildman–Crippen LogP) is 1.82. The van der Waals surface area contributed by atoms with Gasteiger partial charge in [-0.2, -0.15) is 0 Å². The number of nitrogens with zero attached hydrogens (tertiary/aromatic N) is 2. The van der Waals surface area contributed by atoms with E-state index in [9.17, 15) is 14.0 Å². The molecule has 0 aliphatic carbocycles. The zero-order valence-corrected chi connectivity index (χ0v) is 14.8. The fraction of sp³-hybridized carbons (Fsp3) is 0.444. The van der Waals surface area contributed by atoms with Crippen molar-refractivity contribution in [1.29, 1.82) is 0 Å². The summed E-state index contributed by atoms with van der Waals surface area (Å²) < 4.78 is 29.1. The lowest BCUT2D eigenvalue weighted by molar-refractivity contribution is -0.140. The molecule has 2 aliphatic heterocycles. The number of ether oxygens (including phenoxy) is 3. The monoisotopic (exact) mass is 364 g/mol. The van der Waals surface area contributed by atoms with E-state index < -0.39 is 17.8 Å². The van der Waals surface area contributed by atoms with Crippen LogP contribution in [0.5, 0.6) is 0 Å². The van der Waals surface area contributed by atoms with Crippen molar-refractivity contribution in [2.24, 2.45) is 0 Å². The molecule has 3 rings (SSSR count). The molecule has 1 fully saturated rings. The van der Waals surface area contributed by atoms with E-state index in [1.807, 2.05) is 0 Å². The summed E-state index contributed by atoms with van der Waals surface area (Å²) in [5, 5.41) is 0. The van der Waals surface area contributed by atoms with Crippen LogP contribution in [-0.4, -0.2) is 52.6 Å². The Kier molecular flexibility index (Phi) is 5.41. The van der Waals surface area contributed by atoms with Gasteiger partial charge in [0.05, 0.1) is 37.8 Å². The number of rotatable bonds is 4. The lowest BCUT2D eigenvalue weighted by Crippen LogP contribution is -2.39. The minimum Gasteiger partial charge on any atom is -0.466 e. The average molecular weight is 364 g/mol. The van der Waals surface area contributed by atoms with Crippen molar-refractivity contribution in [2.75, 3.05) is 50.4 Å². The van der Waals surface area contributed by atoms with E-state index in [2.05, 4.69) is 4.90 Å². The standard InChI is InChI=1S/C18H21FN2O5/c1-24-17(22)13-10-26-11-21(16(13)18(23)25-2)15-9-12(19)5-6-14(15)20-7-3-4-8-20/h5-6,9H,3-4,7-8,10-11H2,1-2H3. The van der Waals surface area contributed by atoms with Crippen molar-refractivity contribution in [3.05, 3.63) is 35.3 Å². The molecule has 2 heterocycles. The number of carbonyl (C=O) groups excluding carboxylic acids is 2. The summed E-state index contributed by atoms with van der Waals surface area (Å²) in [6.07, 6.45) is 2.08. The number of hydrogen-bond acceptors (Lipinski definition) is 7. The maximum Gasteiger partial charge on any atom is 0.355 e. The maximum atomic E-state index is 14.0. The molecule has 0 amide bonds. The molecule has 1 aromatic carbocycles. The quantitative estimate of drug-likeness (QED) is 0.755. The Hall–Kier alpha value is -2.61. The van der Waals surface area contributed by atoms with E-state index in [1.54, 1.807) is 6.07 Å². The highest BCUT2D eigenvalue weighted by Crippen LogP contribution is 2.36. The predicted molar refractivity (Wildman–Crippen MR) is 92.2 cm³/mol. The van der Waals surface area contributed by atoms with Gasteiger partial charge in [-0.3, -0.25) is 0 Å². The molecule has 0 N–H and O–H groups in total. The topological polar surface area (TPSA) is 68.3 Å². The van der Waals surface area contributed by atoms with Gasteiger partial charge in [-0.1, -0.05) is 0 Å². The third-order valence-electron chi connectivity index (χ3n) is 4.51. The molecule has 140 valence electrons. The van der Waals surface area contributed by atoms with Crippen molar-refractivity contribution >= 4 is 23.3 Å². The lowest BCUT2D eigenvalue weighted by Gasteiger charge is -2.34. The number of anilines is 2. The minimum absolute atomic E-state index is 0.00474. The number of benzene rings is 1. The first-order valence-electron chi connectivity index (χ1n) is 8.36. The maximum absolute atomic E-state index is 14.0. The molecule has 8 heteroatoms. The van der Waals surface area contributed by atoms with E-state index in [0.717, 1.165) is 31.6 Å². The van der Waals surface area contributed by atoms with Crippen LogP contribution in [0, 0.1) is 5.82 Å². The summed E-state index contributed by atoms with van der Waals surface area (Å²) in [5.41, 5.74) is 1.28. The van der Waals surface area contributed by atoms with Crippen LogP contribution in [0.1, 0.15) is 12.8 Å². The smallest absolute Gasteiger partial charge is 0.355 e. The molecule has 2 aliphatic rings. The Balaban J connectivity index is 2.13. The van der Waals surface area contributed by atoms with Gasteiger partial charge in [-0.05, 0) is 31.0 Å². The summed E-state index contributed by atoms with van der Waals surface area (Å²) in [7, 11) is 2.45. The molecule has 0 saturated carbocycles. The Morgan fingerprint density at radius 3 is 2.42 bits per heavy atom. The van der Waals surface area contributed by atoms with Crippen LogP contribution in [0.25, 0.3) is 0 Å². The molecule has 0 atom stereocenters. The summed E-state index contributed by atoms with van der Waals surface area (Å²) in [6, 6.07) is 4.39. The molecular weight excluding hydrogens is 343 g/mol. The van der Waals surface area contributed by atoms with Crippen molar-refractivity contribution in [3.63, 3.8) is 0 Å². The van der Waals surface area contributed by atoms with Gasteiger partial charge in [0.15, 0.2) is 0 Å². The van der Waals surface area contributed by atoms with E-state index in [-0.39, 0.29) is 24.6 Å². The van der Waals surface area contributed by atoms with Crippen LogP contribution in [0.3, 0.4) is 0 Å². The molecule has 0 spiro atoms. The SMILES string of the molecule is COC(=O)C1=C(C(=O)OC)N(c2cc(F)ccc2N2CCCC2)COC1. The summed E-state index contributed by atoms with van der Waals surface area (Å²) in [4.78, 5) is 28.1. The van der Waals surface area contributed by atoms with Crippen molar-refractivity contribution < 1.29 is 28.2 Å². The van der Waals surface area contributed by atoms with Gasteiger partial charge >= 0.3 is 11.9 Å². The summed E-state index contributed by atoms with van der Waals surface area (Å²) in [5.74, 6) is -1.84. The number of carbonyl (C=O) groups is 2. The van der Waals surface area contributed by atoms with Gasteiger partial charge in [-0.25, -0.2) is 14.0 Å². The Bertz CT molecular complexity index is 743. The number of esters is 2. The molecule has 0 unspecified atom stereocenters. The fourth-order valence-electron chi connectivity index (χ4n) is 3.27. The van der Waals surface area contributed by atoms with Crippen LogP contribution in [0.15, 0.2) is 29.5 Å². The van der Waals surface area contributed by atoms with Crippen LogP contribution >= 0.6 is 0 Å². The molecular formula is C18H21FN2O5. The normalized spacial score (nSPS) is 17.5. The van der Waals surface area contributed by atoms with E-state index in [4.69, 9.17) is 14.2 Å². The summed E-state index contributed by atoms with van der Waals surface area (Å²) >= 11 is 0. The first-order chi connectivity index (χ1) is 12.6. The molecule has 0 radical (unpaired) electrons. The van der Waals surface area contributed by atoms with E-state index in [0.29, 0.717) is 5.69 Å². The number of hydrogen-bond donors (Lipinski definition) is 0. The second-order valence-electron chi connectivity index (χ2n) is 6.04. The lowest BCUT2D eigenvalue weighted by atomic mass is 10.1. The molecule has 26 heavy (non-hydrogen) atoms. The van der Waals surface area contributed by atoms with Crippen LogP contribution < -0.4 is 9.80 Å². The van der Waals surface area contributed by atoms with Crippen LogP contribution in [-0.2, 0) is 23.8 Å². The van der Waals surface area contributed by atoms with Crippen molar-refractivity contribution in [1.82, 2.24) is 0 Å². The first-order valence-corrected chi connectivity index (χ1v) is 8.36. The van der Waals surface area contributed by atoms with Gasteiger partial charge in [0.2, 0.25) is 0 Å². The third kappa shape index (κ3) is 3.37. The average Bonchev–Trinajstić information content (AvgIpc) is 3.20. The van der Waals surface area contributed by atoms with Crippen LogP contribution in [0.4, 0.5) is 15.8 Å².